The maximum Gasteiger partial charge on any atom is 0.259 e. The maximum absolute atomic E-state index is 12.4. The lowest BCUT2D eigenvalue weighted by atomic mass is 9.87. The maximum atomic E-state index is 12.4. The van der Waals surface area contributed by atoms with Crippen LogP contribution in [0.4, 0.5) is 0 Å². The van der Waals surface area contributed by atoms with Gasteiger partial charge in [0, 0.05) is 0 Å². The fourth-order valence-corrected chi connectivity index (χ4v) is 11.2. The second-order valence-corrected chi connectivity index (χ2v) is 25.2. The van der Waals surface area contributed by atoms with E-state index in [0.29, 0.717) is 62.2 Å². The van der Waals surface area contributed by atoms with Gasteiger partial charge < -0.3 is 18.9 Å². The Bertz CT molecular complexity index is 2050. The summed E-state index contributed by atoms with van der Waals surface area (Å²) in [5.41, 5.74) is 2.28. The Morgan fingerprint density at radius 2 is 0.484 bits per heavy atom. The number of carbonyl (C=O) groups excluding carboxylic acids is 4. The van der Waals surface area contributed by atoms with Crippen LogP contribution in [-0.2, 0) is 40.8 Å². The van der Waals surface area contributed by atoms with Crippen molar-refractivity contribution in [2.75, 3.05) is 26.4 Å². The number of hydrogen-bond acceptors (Lipinski definition) is 12. The van der Waals surface area contributed by atoms with E-state index in [1.54, 1.807) is 0 Å². The Morgan fingerprint density at radius 3 is 0.594 bits per heavy atom. The number of fused-ring (bicyclic) bond motifs is 8. The second-order valence-electron chi connectivity index (χ2n) is 19.2. The van der Waals surface area contributed by atoms with Crippen LogP contribution in [0, 0.1) is 0 Å². The molecule has 0 aromatic heterocycles. The van der Waals surface area contributed by atoms with Crippen LogP contribution in [0.25, 0.3) is 0 Å². The fourth-order valence-electron chi connectivity index (χ4n) is 6.20. The third kappa shape index (κ3) is 13.7. The quantitative estimate of drug-likeness (QED) is 0.111. The third-order valence-corrected chi connectivity index (χ3v) is 14.4. The van der Waals surface area contributed by atoms with E-state index in [1.165, 1.54) is 47.0 Å². The average molecular weight is 1030 g/mol. The molecular weight excluding hydrogens is 975 g/mol. The van der Waals surface area contributed by atoms with E-state index in [2.05, 4.69) is 83.1 Å². The molecule has 0 spiro atoms. The topological polar surface area (TPSA) is 105 Å². The van der Waals surface area contributed by atoms with Crippen LogP contribution in [-0.4, -0.2) is 47.4 Å². The molecule has 8 nitrogen and oxygen atoms in total. The summed E-state index contributed by atoms with van der Waals surface area (Å²) in [5, 5.41) is -2.80. The number of ether oxygens (including phenoxy) is 4. The summed E-state index contributed by atoms with van der Waals surface area (Å²) in [5.74, 6) is 1.48. The minimum absolute atomic E-state index is 0.370. The molecule has 0 amide bonds. The van der Waals surface area contributed by atoms with Crippen LogP contribution in [0.1, 0.15) is 105 Å². The smallest absolute Gasteiger partial charge is 0.259 e. The lowest BCUT2D eigenvalue weighted by molar-refractivity contribution is -0.114. The molecule has 64 heavy (non-hydrogen) atoms. The van der Waals surface area contributed by atoms with Crippen LogP contribution < -0.4 is 18.9 Å². The van der Waals surface area contributed by atoms with Crippen LogP contribution in [0.15, 0.2) is 87.7 Å². The highest BCUT2D eigenvalue weighted by Crippen LogP contribution is 2.56. The Morgan fingerprint density at radius 1 is 0.344 bits per heavy atom. The van der Waals surface area contributed by atoms with Gasteiger partial charge in [0.25, 0.3) is 21.0 Å². The molecule has 0 saturated heterocycles. The van der Waals surface area contributed by atoms with Crippen molar-refractivity contribution in [3.05, 3.63) is 70.8 Å². The van der Waals surface area contributed by atoms with Gasteiger partial charge in [0.2, 0.25) is 0 Å². The largest absolute Gasteiger partial charge is 0.482 e. The van der Waals surface area contributed by atoms with Crippen molar-refractivity contribution in [1.29, 1.82) is 0 Å². The van der Waals surface area contributed by atoms with Gasteiger partial charge in [0.15, 0.2) is 26.4 Å². The van der Waals surface area contributed by atoms with Gasteiger partial charge in [-0.1, -0.05) is 130 Å². The molecule has 1 aliphatic rings. The van der Waals surface area contributed by atoms with Crippen molar-refractivity contribution in [3.8, 4) is 23.0 Å². The molecule has 5 rings (SSSR count). The molecular formula is C48H52Cl4O8S4. The van der Waals surface area contributed by atoms with E-state index < -0.39 is 47.4 Å². The van der Waals surface area contributed by atoms with Crippen molar-refractivity contribution < 1.29 is 38.1 Å². The predicted octanol–water partition coefficient (Wildman–Crippen LogP) is 14.4. The molecule has 344 valence electrons. The summed E-state index contributed by atoms with van der Waals surface area (Å²) in [4.78, 5) is 54.8. The minimum Gasteiger partial charge on any atom is -0.482 e. The molecule has 0 radical (unpaired) electrons. The number of benzene rings is 4. The average Bonchev–Trinajstić information content (AvgIpc) is 3.13. The highest BCUT2D eigenvalue weighted by atomic mass is 35.5. The van der Waals surface area contributed by atoms with Crippen LogP contribution in [0.5, 0.6) is 23.0 Å². The zero-order valence-corrected chi connectivity index (χ0v) is 44.1. The molecule has 0 atom stereocenters. The van der Waals surface area contributed by atoms with E-state index >= 15 is 0 Å². The van der Waals surface area contributed by atoms with Gasteiger partial charge in [-0.05, 0) is 139 Å². The highest BCUT2D eigenvalue weighted by Gasteiger charge is 2.31. The van der Waals surface area contributed by atoms with Gasteiger partial charge >= 0.3 is 0 Å². The van der Waals surface area contributed by atoms with Gasteiger partial charge in [0.1, 0.15) is 23.0 Å². The van der Waals surface area contributed by atoms with Crippen molar-refractivity contribution in [2.45, 2.75) is 144 Å². The number of hydrogen-bond donors (Lipinski definition) is 0. The molecule has 4 aromatic carbocycles. The Hall–Kier alpha value is -2.68. The van der Waals surface area contributed by atoms with Crippen molar-refractivity contribution in [3.63, 3.8) is 0 Å². The Kier molecular flexibility index (Phi) is 16.9. The number of halogens is 4. The van der Waals surface area contributed by atoms with Gasteiger partial charge in [0.05, 0.1) is 39.2 Å². The summed E-state index contributed by atoms with van der Waals surface area (Å²) in [6.07, 6.45) is 0. The molecule has 0 aliphatic carbocycles. The summed E-state index contributed by atoms with van der Waals surface area (Å²) >= 11 is 29.2. The second kappa shape index (κ2) is 20.7. The molecule has 0 unspecified atom stereocenters. The van der Waals surface area contributed by atoms with Crippen LogP contribution in [0.3, 0.4) is 0 Å². The summed E-state index contributed by atoms with van der Waals surface area (Å²) in [6, 6.07) is 16.1. The van der Waals surface area contributed by atoms with Crippen molar-refractivity contribution in [2.24, 2.45) is 0 Å². The van der Waals surface area contributed by atoms with Crippen molar-refractivity contribution in [1.82, 2.24) is 0 Å². The fraction of sp³-hybridized carbons (Fsp3) is 0.417. The molecule has 0 fully saturated rings. The minimum atomic E-state index is -0.699. The lowest BCUT2D eigenvalue weighted by Gasteiger charge is -2.28. The Labute approximate surface area is 413 Å². The molecule has 1 aliphatic heterocycles. The summed E-state index contributed by atoms with van der Waals surface area (Å²) in [7, 11) is 0. The first-order chi connectivity index (χ1) is 29.5. The first-order valence-electron chi connectivity index (χ1n) is 20.2. The zero-order chi connectivity index (χ0) is 47.7. The van der Waals surface area contributed by atoms with Crippen LogP contribution >= 0.6 is 93.5 Å². The third-order valence-electron chi connectivity index (χ3n) is 9.75. The highest BCUT2D eigenvalue weighted by molar-refractivity contribution is 8.01. The number of carbonyl (C=O) groups is 4. The molecule has 16 heteroatoms. The van der Waals surface area contributed by atoms with Gasteiger partial charge in [-0.3, -0.25) is 19.2 Å². The molecule has 0 saturated carbocycles. The van der Waals surface area contributed by atoms with E-state index in [9.17, 15) is 19.2 Å². The van der Waals surface area contributed by atoms with Crippen LogP contribution in [0.2, 0.25) is 0 Å². The standard InChI is InChI=1S/C48H52Cl4O8S4/c1-45(2,3)25-13-29-41(57-21-37(49)53)30(14-25)62-32-16-27(47(7,8)9)18-34(43(32)59-23-39(51)55)64-36-20-28(48(10,11)12)19-35(44(36)60-24-40(52)56)63-33-17-26(46(4,5)6)15-31(61-29)42(33)58-22-38(50)54/h13-20H,21-24H2,1-12H3. The van der Waals surface area contributed by atoms with Gasteiger partial charge in [-0.25, -0.2) is 0 Å². The summed E-state index contributed by atoms with van der Waals surface area (Å²) < 4.78 is 25.5. The first kappa shape index (κ1) is 52.3. The monoisotopic (exact) mass is 1020 g/mol. The number of rotatable bonds is 12. The molecule has 8 bridgehead atoms. The lowest BCUT2D eigenvalue weighted by Crippen LogP contribution is -2.15. The van der Waals surface area contributed by atoms with E-state index in [1.807, 2.05) is 48.5 Å². The molecule has 1 heterocycles. The molecule has 4 aromatic rings. The van der Waals surface area contributed by atoms with Gasteiger partial charge in [-0.2, -0.15) is 0 Å². The zero-order valence-electron chi connectivity index (χ0n) is 37.9. The Balaban J connectivity index is 2.05. The normalized spacial score (nSPS) is 13.2. The van der Waals surface area contributed by atoms with E-state index in [-0.39, 0.29) is 21.7 Å². The van der Waals surface area contributed by atoms with Gasteiger partial charge in [-0.15, -0.1) is 0 Å². The van der Waals surface area contributed by atoms with E-state index in [0.717, 1.165) is 22.3 Å². The predicted molar refractivity (Wildman–Crippen MR) is 262 cm³/mol. The van der Waals surface area contributed by atoms with E-state index in [4.69, 9.17) is 65.4 Å². The summed E-state index contributed by atoms with van der Waals surface area (Å²) in [6.45, 7) is 23.5. The van der Waals surface area contributed by atoms with Crippen molar-refractivity contribution >= 4 is 114 Å². The molecule has 0 N–H and O–H groups in total. The first-order valence-corrected chi connectivity index (χ1v) is 25.0. The SMILES string of the molecule is CC(C)(C)c1cc2c(OCC(=O)Cl)c(c1)Sc1cc(C(C)(C)C)cc(c1OCC(=O)Cl)Sc1cc(C(C)(C)C)cc(c1OCC(=O)Cl)Sc1cc(C(C)(C)C)cc(c1OCC(=O)Cl)S2.